The average Bonchev–Trinajstić information content (AvgIpc) is 2.80. The van der Waals surface area contributed by atoms with E-state index in [0.717, 1.165) is 32.2 Å². The zero-order valence-corrected chi connectivity index (χ0v) is 11.2. The van der Waals surface area contributed by atoms with Gasteiger partial charge in [-0.05, 0) is 50.8 Å². The summed E-state index contributed by atoms with van der Waals surface area (Å²) in [6.07, 6.45) is 4.41. The van der Waals surface area contributed by atoms with Crippen LogP contribution in [0.1, 0.15) is 38.2 Å². The molecule has 1 aliphatic rings. The number of nitrogens with one attached hydrogen (secondary N) is 1. The van der Waals surface area contributed by atoms with Crippen molar-refractivity contribution in [1.82, 2.24) is 5.32 Å². The molecule has 100 valence electrons. The van der Waals surface area contributed by atoms with Gasteiger partial charge in [0.15, 0.2) is 11.6 Å². The Labute approximate surface area is 109 Å². The molecule has 1 aromatic rings. The summed E-state index contributed by atoms with van der Waals surface area (Å²) >= 11 is 0. The van der Waals surface area contributed by atoms with E-state index < -0.39 is 0 Å². The standard InChI is InChI=1S/C15H22FNO/c1-3-9-17-12-7-8-13(10-12)18-14-6-4-5-11(2)15(14)16/h4-6,12-13,17H,3,7-10H2,1-2H3. The van der Waals surface area contributed by atoms with Crippen molar-refractivity contribution in [2.45, 2.75) is 51.7 Å². The van der Waals surface area contributed by atoms with Crippen LogP contribution < -0.4 is 10.1 Å². The molecule has 1 saturated carbocycles. The molecule has 0 radical (unpaired) electrons. The minimum absolute atomic E-state index is 0.149. The number of halogens is 1. The van der Waals surface area contributed by atoms with Gasteiger partial charge in [0.05, 0.1) is 0 Å². The molecule has 2 unspecified atom stereocenters. The first-order valence-electron chi connectivity index (χ1n) is 6.86. The van der Waals surface area contributed by atoms with Gasteiger partial charge < -0.3 is 10.1 Å². The van der Waals surface area contributed by atoms with Crippen molar-refractivity contribution in [2.24, 2.45) is 0 Å². The minimum Gasteiger partial charge on any atom is -0.487 e. The summed E-state index contributed by atoms with van der Waals surface area (Å²) in [6.45, 7) is 4.98. The molecule has 1 N–H and O–H groups in total. The lowest BCUT2D eigenvalue weighted by molar-refractivity contribution is 0.197. The van der Waals surface area contributed by atoms with Crippen molar-refractivity contribution < 1.29 is 9.13 Å². The fourth-order valence-electron chi connectivity index (χ4n) is 2.47. The van der Waals surface area contributed by atoms with E-state index in [9.17, 15) is 4.39 Å². The van der Waals surface area contributed by atoms with E-state index in [2.05, 4.69) is 12.2 Å². The molecule has 0 amide bonds. The predicted molar refractivity (Wildman–Crippen MR) is 71.5 cm³/mol. The highest BCUT2D eigenvalue weighted by Gasteiger charge is 2.26. The summed E-state index contributed by atoms with van der Waals surface area (Å²) in [5, 5.41) is 3.50. The molecule has 2 atom stereocenters. The lowest BCUT2D eigenvalue weighted by Gasteiger charge is -2.16. The number of ether oxygens (including phenoxy) is 1. The van der Waals surface area contributed by atoms with Crippen LogP contribution in [0.2, 0.25) is 0 Å². The Morgan fingerprint density at radius 1 is 1.39 bits per heavy atom. The number of hydrogen-bond donors (Lipinski definition) is 1. The lowest BCUT2D eigenvalue weighted by Crippen LogP contribution is -2.28. The molecule has 2 rings (SSSR count). The third-order valence-electron chi connectivity index (χ3n) is 3.52. The van der Waals surface area contributed by atoms with Gasteiger partial charge in [-0.15, -0.1) is 0 Å². The summed E-state index contributed by atoms with van der Waals surface area (Å²) in [7, 11) is 0. The van der Waals surface area contributed by atoms with Crippen LogP contribution in [0.5, 0.6) is 5.75 Å². The Morgan fingerprint density at radius 3 is 3.00 bits per heavy atom. The molecule has 0 bridgehead atoms. The maximum Gasteiger partial charge on any atom is 0.167 e. The van der Waals surface area contributed by atoms with Crippen LogP contribution >= 0.6 is 0 Å². The van der Waals surface area contributed by atoms with Crippen LogP contribution in [0, 0.1) is 12.7 Å². The van der Waals surface area contributed by atoms with Gasteiger partial charge in [0, 0.05) is 6.04 Å². The second-order valence-electron chi connectivity index (χ2n) is 5.09. The summed E-state index contributed by atoms with van der Waals surface area (Å²) in [6, 6.07) is 5.86. The molecule has 3 heteroatoms. The summed E-state index contributed by atoms with van der Waals surface area (Å²) < 4.78 is 19.6. The van der Waals surface area contributed by atoms with Gasteiger partial charge in [-0.3, -0.25) is 0 Å². The van der Waals surface area contributed by atoms with Gasteiger partial charge in [0.25, 0.3) is 0 Å². The zero-order valence-electron chi connectivity index (χ0n) is 11.2. The van der Waals surface area contributed by atoms with Crippen molar-refractivity contribution in [2.75, 3.05) is 6.54 Å². The SMILES string of the molecule is CCCNC1CCC(Oc2cccc(C)c2F)C1. The fraction of sp³-hybridized carbons (Fsp3) is 0.600. The molecule has 2 nitrogen and oxygen atoms in total. The van der Waals surface area contributed by atoms with Gasteiger partial charge in [-0.25, -0.2) is 4.39 Å². The van der Waals surface area contributed by atoms with Crippen molar-refractivity contribution in [1.29, 1.82) is 0 Å². The molecule has 0 heterocycles. The quantitative estimate of drug-likeness (QED) is 0.865. The van der Waals surface area contributed by atoms with E-state index in [4.69, 9.17) is 4.74 Å². The Morgan fingerprint density at radius 2 is 2.22 bits per heavy atom. The first-order valence-corrected chi connectivity index (χ1v) is 6.86. The topological polar surface area (TPSA) is 21.3 Å². The monoisotopic (exact) mass is 251 g/mol. The van der Waals surface area contributed by atoms with Crippen molar-refractivity contribution in [3.8, 4) is 5.75 Å². The third-order valence-corrected chi connectivity index (χ3v) is 3.52. The molecule has 0 aromatic heterocycles. The highest BCUT2D eigenvalue weighted by Crippen LogP contribution is 2.27. The molecule has 0 saturated heterocycles. The smallest absolute Gasteiger partial charge is 0.167 e. The largest absolute Gasteiger partial charge is 0.487 e. The summed E-state index contributed by atoms with van der Waals surface area (Å²) in [5.41, 5.74) is 0.645. The second kappa shape index (κ2) is 6.19. The summed E-state index contributed by atoms with van der Waals surface area (Å²) in [5.74, 6) is 0.179. The molecular weight excluding hydrogens is 229 g/mol. The van der Waals surface area contributed by atoms with Crippen LogP contribution in [0.25, 0.3) is 0 Å². The fourth-order valence-corrected chi connectivity index (χ4v) is 2.47. The maximum atomic E-state index is 13.8. The van der Waals surface area contributed by atoms with Gasteiger partial charge in [-0.2, -0.15) is 0 Å². The lowest BCUT2D eigenvalue weighted by atomic mass is 10.2. The summed E-state index contributed by atoms with van der Waals surface area (Å²) in [4.78, 5) is 0. The van der Waals surface area contributed by atoms with Crippen molar-refractivity contribution >= 4 is 0 Å². The Hall–Kier alpha value is -1.09. The van der Waals surface area contributed by atoms with Crippen molar-refractivity contribution in [3.63, 3.8) is 0 Å². The van der Waals surface area contributed by atoms with Crippen molar-refractivity contribution in [3.05, 3.63) is 29.6 Å². The van der Waals surface area contributed by atoms with Gasteiger partial charge in [-0.1, -0.05) is 19.1 Å². The van der Waals surface area contributed by atoms with Crippen LogP contribution in [0.4, 0.5) is 4.39 Å². The number of rotatable bonds is 5. The molecule has 18 heavy (non-hydrogen) atoms. The third kappa shape index (κ3) is 3.22. The molecule has 1 aliphatic carbocycles. The van der Waals surface area contributed by atoms with E-state index >= 15 is 0 Å². The van der Waals surface area contributed by atoms with E-state index in [1.54, 1.807) is 19.1 Å². The van der Waals surface area contributed by atoms with Gasteiger partial charge in [0.2, 0.25) is 0 Å². The van der Waals surface area contributed by atoms with E-state index in [0.29, 0.717) is 17.4 Å². The maximum absolute atomic E-state index is 13.8. The highest BCUT2D eigenvalue weighted by molar-refractivity contribution is 5.30. The van der Waals surface area contributed by atoms with Crippen LogP contribution in [0.3, 0.4) is 0 Å². The Kier molecular flexibility index (Phi) is 4.59. The predicted octanol–water partition coefficient (Wildman–Crippen LogP) is 3.43. The number of benzene rings is 1. The second-order valence-corrected chi connectivity index (χ2v) is 5.09. The molecule has 0 aliphatic heterocycles. The average molecular weight is 251 g/mol. The minimum atomic E-state index is -0.220. The first-order chi connectivity index (χ1) is 8.70. The van der Waals surface area contributed by atoms with Crippen LogP contribution in [-0.4, -0.2) is 18.7 Å². The normalized spacial score (nSPS) is 23.3. The number of hydrogen-bond acceptors (Lipinski definition) is 2. The number of aryl methyl sites for hydroxylation is 1. The van der Waals surface area contributed by atoms with E-state index in [-0.39, 0.29) is 11.9 Å². The Bertz CT molecular complexity index is 394. The molecule has 1 fully saturated rings. The molecular formula is C15H22FNO. The van der Waals surface area contributed by atoms with E-state index in [1.165, 1.54) is 0 Å². The zero-order chi connectivity index (χ0) is 13.0. The molecule has 0 spiro atoms. The molecule has 1 aromatic carbocycles. The van der Waals surface area contributed by atoms with E-state index in [1.807, 2.05) is 6.07 Å². The Balaban J connectivity index is 1.89. The van der Waals surface area contributed by atoms with Crippen LogP contribution in [-0.2, 0) is 0 Å². The first kappa shape index (κ1) is 13.3. The van der Waals surface area contributed by atoms with Gasteiger partial charge >= 0.3 is 0 Å². The van der Waals surface area contributed by atoms with Crippen LogP contribution in [0.15, 0.2) is 18.2 Å². The van der Waals surface area contributed by atoms with Gasteiger partial charge in [0.1, 0.15) is 6.10 Å². The highest BCUT2D eigenvalue weighted by atomic mass is 19.1.